The van der Waals surface area contributed by atoms with Gasteiger partial charge in [0.25, 0.3) is 0 Å². The van der Waals surface area contributed by atoms with Crippen molar-refractivity contribution in [1.82, 2.24) is 21.3 Å². The van der Waals surface area contributed by atoms with Crippen LogP contribution in [0.25, 0.3) is 0 Å². The average Bonchev–Trinajstić information content (AvgIpc) is 2.93. The zero-order chi connectivity index (χ0) is 37.6. The molecular formula is C32H58N4O10Se2. The number of nitrogens with one attached hydrogen (secondary N) is 4. The van der Waals surface area contributed by atoms with Crippen LogP contribution in [0.2, 0.25) is 9.63 Å². The third kappa shape index (κ3) is 18.9. The molecule has 0 aromatic rings. The molecule has 0 unspecified atom stereocenters. The Bertz CT molecular complexity index is 1010. The van der Waals surface area contributed by atoms with E-state index in [-0.39, 0.29) is 38.1 Å². The second-order valence-corrected chi connectivity index (χ2v) is 22.4. The summed E-state index contributed by atoms with van der Waals surface area (Å²) in [5, 5.41) is 10.8. The molecule has 0 saturated heterocycles. The predicted octanol–water partition coefficient (Wildman–Crippen LogP) is 3.12. The van der Waals surface area contributed by atoms with Gasteiger partial charge in [-0.25, -0.2) is 0 Å². The minimum absolute atomic E-state index is 0.0670. The number of ether oxygens (including phenoxy) is 4. The number of alkyl carbamates (subject to hydrolysis) is 2. The summed E-state index contributed by atoms with van der Waals surface area (Å²) in [6.45, 7) is 21.4. The van der Waals surface area contributed by atoms with Crippen molar-refractivity contribution in [3.05, 3.63) is 0 Å². The van der Waals surface area contributed by atoms with Gasteiger partial charge in [-0.3, -0.25) is 0 Å². The zero-order valence-electron chi connectivity index (χ0n) is 30.9. The quantitative estimate of drug-likeness (QED) is 0.0966. The average molecular weight is 817 g/mol. The Hall–Kier alpha value is -2.54. The third-order valence-electron chi connectivity index (χ3n) is 6.23. The van der Waals surface area contributed by atoms with Gasteiger partial charge in [0.15, 0.2) is 0 Å². The second-order valence-electron chi connectivity index (χ2n) is 14.3. The van der Waals surface area contributed by atoms with Gasteiger partial charge in [0.05, 0.1) is 0 Å². The first-order chi connectivity index (χ1) is 21.9. The van der Waals surface area contributed by atoms with Gasteiger partial charge in [-0.1, -0.05) is 0 Å². The van der Waals surface area contributed by atoms with E-state index >= 15 is 0 Å². The molecule has 4 amide bonds. The minimum atomic E-state index is -1.07. The van der Waals surface area contributed by atoms with Crippen molar-refractivity contribution in [2.24, 2.45) is 11.8 Å². The van der Waals surface area contributed by atoms with Crippen LogP contribution in [-0.4, -0.2) is 112 Å². The van der Waals surface area contributed by atoms with Gasteiger partial charge in [-0.05, 0) is 0 Å². The van der Waals surface area contributed by atoms with Crippen molar-refractivity contribution in [3.8, 4) is 0 Å². The first-order valence-electron chi connectivity index (χ1n) is 16.0. The molecule has 0 bridgehead atoms. The number of hydrogen-bond acceptors (Lipinski definition) is 10. The first kappa shape index (κ1) is 45.5. The summed E-state index contributed by atoms with van der Waals surface area (Å²) in [5.74, 6) is -2.23. The van der Waals surface area contributed by atoms with Crippen LogP contribution >= 0.6 is 0 Å². The standard InChI is InChI=1S/C32H58N4O10Se2/c1-17(2)15-21(27(39)43-13)33-25(37)23(35-29(41)45-31(7,8)9)19(5)47-48-20(6)24(36-30(42)46-32(10,11)12)26(38)34-22(16-18(3)4)28(40)44-14/h17-24H,15-16H2,1-14H3,(H,33,37)(H,34,38)(H,35,41)(H,36,42)/t19-,20-,21-,22-,23-,24-/m0/s1. The van der Waals surface area contributed by atoms with Crippen molar-refractivity contribution in [1.29, 1.82) is 0 Å². The molecular weight excluding hydrogens is 758 g/mol. The fourth-order valence-electron chi connectivity index (χ4n) is 4.13. The van der Waals surface area contributed by atoms with E-state index in [0.29, 0.717) is 12.8 Å². The summed E-state index contributed by atoms with van der Waals surface area (Å²) in [5.41, 5.74) is -1.65. The molecule has 0 fully saturated rings. The number of carbonyl (C=O) groups is 6. The van der Waals surface area contributed by atoms with Crippen molar-refractivity contribution in [2.75, 3.05) is 14.2 Å². The maximum absolute atomic E-state index is 13.6. The van der Waals surface area contributed by atoms with Crippen molar-refractivity contribution >= 4 is 62.2 Å². The number of amides is 4. The van der Waals surface area contributed by atoms with E-state index in [0.717, 1.165) is 0 Å². The molecule has 0 radical (unpaired) electrons. The summed E-state index contributed by atoms with van der Waals surface area (Å²) in [6.07, 6.45) is -0.942. The summed E-state index contributed by atoms with van der Waals surface area (Å²) >= 11 is -0.702. The summed E-state index contributed by atoms with van der Waals surface area (Å²) in [4.78, 5) is 76.9. The number of methoxy groups -OCH3 is 2. The van der Waals surface area contributed by atoms with Gasteiger partial charge < -0.3 is 0 Å². The molecule has 0 aromatic carbocycles. The second kappa shape index (κ2) is 20.9. The summed E-state index contributed by atoms with van der Waals surface area (Å²) < 4.78 is 20.6. The molecule has 6 atom stereocenters. The molecule has 0 aliphatic rings. The van der Waals surface area contributed by atoms with E-state index in [1.54, 1.807) is 55.4 Å². The Morgan fingerprint density at radius 2 is 0.833 bits per heavy atom. The Morgan fingerprint density at radius 1 is 0.542 bits per heavy atom. The number of hydrogen-bond donors (Lipinski definition) is 4. The molecule has 278 valence electrons. The van der Waals surface area contributed by atoms with Gasteiger partial charge in [0.1, 0.15) is 0 Å². The molecule has 0 spiro atoms. The Labute approximate surface area is 297 Å². The van der Waals surface area contributed by atoms with Gasteiger partial charge in [0, 0.05) is 0 Å². The Kier molecular flexibility index (Phi) is 19.7. The van der Waals surface area contributed by atoms with Gasteiger partial charge in [0.2, 0.25) is 0 Å². The third-order valence-corrected chi connectivity index (χ3v) is 16.7. The number of rotatable bonds is 17. The molecule has 4 N–H and O–H groups in total. The number of carbonyl (C=O) groups excluding carboxylic acids is 6. The van der Waals surface area contributed by atoms with Crippen LogP contribution in [0.1, 0.15) is 95.9 Å². The van der Waals surface area contributed by atoms with E-state index in [2.05, 4.69) is 21.3 Å². The fourth-order valence-corrected chi connectivity index (χ4v) is 12.4. The van der Waals surface area contributed by atoms with Gasteiger partial charge >= 0.3 is 298 Å². The maximum atomic E-state index is 13.6. The Morgan fingerprint density at radius 3 is 1.06 bits per heavy atom. The molecule has 0 aliphatic carbocycles. The van der Waals surface area contributed by atoms with Crippen LogP contribution in [0.5, 0.6) is 0 Å². The first-order valence-corrected chi connectivity index (χ1v) is 22.3. The van der Waals surface area contributed by atoms with E-state index in [4.69, 9.17) is 18.9 Å². The van der Waals surface area contributed by atoms with Crippen molar-refractivity contribution in [3.63, 3.8) is 0 Å². The zero-order valence-corrected chi connectivity index (χ0v) is 34.4. The SMILES string of the molecule is COC(=O)[C@H](CC(C)C)NC(=O)[C@@H](NC(=O)OC(C)(C)C)[C@H](C)[Se][Se][C@@H](C)[C@H](NC(=O)OC(C)(C)C)C(=O)N[C@@H](CC(C)C)C(=O)OC. The predicted molar refractivity (Wildman–Crippen MR) is 183 cm³/mol. The van der Waals surface area contributed by atoms with E-state index < -0.39 is 80.9 Å². The van der Waals surface area contributed by atoms with Gasteiger partial charge in [-0.15, -0.1) is 0 Å². The summed E-state index contributed by atoms with van der Waals surface area (Å²) in [7, 11) is 2.48. The molecule has 16 heteroatoms. The molecule has 14 nitrogen and oxygen atoms in total. The van der Waals surface area contributed by atoms with Crippen LogP contribution in [0.3, 0.4) is 0 Å². The molecule has 0 aliphatic heterocycles. The topological polar surface area (TPSA) is 187 Å². The molecule has 0 saturated carbocycles. The molecule has 0 heterocycles. The normalized spacial score (nSPS) is 15.6. The van der Waals surface area contributed by atoms with Crippen LogP contribution < -0.4 is 21.3 Å². The monoisotopic (exact) mass is 818 g/mol. The Balaban J connectivity index is 6.24. The number of esters is 2. The van der Waals surface area contributed by atoms with Crippen molar-refractivity contribution < 1.29 is 47.7 Å². The van der Waals surface area contributed by atoms with Crippen LogP contribution in [0, 0.1) is 11.8 Å². The molecule has 0 rings (SSSR count). The van der Waals surface area contributed by atoms with Crippen LogP contribution in [0.15, 0.2) is 0 Å². The molecule has 0 aromatic heterocycles. The van der Waals surface area contributed by atoms with E-state index in [1.165, 1.54) is 14.2 Å². The van der Waals surface area contributed by atoms with Crippen LogP contribution in [-0.2, 0) is 38.1 Å². The van der Waals surface area contributed by atoms with Crippen molar-refractivity contribution in [2.45, 2.75) is 141 Å². The summed E-state index contributed by atoms with van der Waals surface area (Å²) in [6, 6.07) is -3.99. The molecule has 48 heavy (non-hydrogen) atoms. The van der Waals surface area contributed by atoms with E-state index in [1.807, 2.05) is 27.7 Å². The fraction of sp³-hybridized carbons (Fsp3) is 0.812. The van der Waals surface area contributed by atoms with E-state index in [9.17, 15) is 28.8 Å². The van der Waals surface area contributed by atoms with Gasteiger partial charge in [-0.2, -0.15) is 0 Å². The van der Waals surface area contributed by atoms with Crippen LogP contribution in [0.4, 0.5) is 9.59 Å².